The van der Waals surface area contributed by atoms with E-state index in [1.165, 1.54) is 18.3 Å². The van der Waals surface area contributed by atoms with E-state index in [-0.39, 0.29) is 22.8 Å². The zero-order chi connectivity index (χ0) is 25.2. The zero-order valence-electron chi connectivity index (χ0n) is 19.4. The first kappa shape index (κ1) is 25.1. The number of nitrogens with one attached hydrogen (secondary N) is 1. The zero-order valence-corrected chi connectivity index (χ0v) is 19.4. The highest BCUT2D eigenvalue weighted by atomic mass is 16.6. The molecule has 3 aromatic carbocycles. The second-order valence-electron chi connectivity index (χ2n) is 7.30. The average molecular weight is 479 g/mol. The molecule has 9 nitrogen and oxygen atoms in total. The fourth-order valence-electron chi connectivity index (χ4n) is 2.96. The number of carbonyl (C=O) groups is 2. The Morgan fingerprint density at radius 2 is 1.71 bits per heavy atom. The number of esters is 1. The van der Waals surface area contributed by atoms with Crippen molar-refractivity contribution in [2.45, 2.75) is 20.3 Å². The van der Waals surface area contributed by atoms with E-state index in [9.17, 15) is 19.8 Å². The van der Waals surface area contributed by atoms with Crippen molar-refractivity contribution >= 4 is 18.1 Å². The van der Waals surface area contributed by atoms with Crippen LogP contribution >= 0.6 is 0 Å². The average Bonchev–Trinajstić information content (AvgIpc) is 2.84. The van der Waals surface area contributed by atoms with Gasteiger partial charge in [0.15, 0.2) is 11.5 Å². The van der Waals surface area contributed by atoms with Gasteiger partial charge in [0.25, 0.3) is 5.91 Å². The maximum atomic E-state index is 12.6. The van der Waals surface area contributed by atoms with Crippen LogP contribution in [0.3, 0.4) is 0 Å². The monoisotopic (exact) mass is 478 g/mol. The van der Waals surface area contributed by atoms with Crippen LogP contribution in [-0.2, 0) is 0 Å². The molecule has 0 unspecified atom stereocenters. The van der Waals surface area contributed by atoms with E-state index in [1.807, 2.05) is 6.92 Å². The van der Waals surface area contributed by atoms with Crippen LogP contribution in [0.1, 0.15) is 46.5 Å². The van der Waals surface area contributed by atoms with Crippen molar-refractivity contribution in [3.05, 3.63) is 77.4 Å². The third kappa shape index (κ3) is 6.97. The highest BCUT2D eigenvalue weighted by molar-refractivity contribution is 5.97. The number of amides is 1. The Bertz CT molecular complexity index is 1210. The lowest BCUT2D eigenvalue weighted by Crippen LogP contribution is -2.17. The lowest BCUT2D eigenvalue weighted by Gasteiger charge is -2.12. The van der Waals surface area contributed by atoms with E-state index in [1.54, 1.807) is 49.4 Å². The summed E-state index contributed by atoms with van der Waals surface area (Å²) in [6.45, 7) is 4.75. The Balaban J connectivity index is 1.67. The molecule has 9 heteroatoms. The highest BCUT2D eigenvalue weighted by Crippen LogP contribution is 2.29. The van der Waals surface area contributed by atoms with Gasteiger partial charge in [-0.15, -0.1) is 0 Å². The summed E-state index contributed by atoms with van der Waals surface area (Å²) in [6, 6.07) is 15.1. The molecule has 182 valence electrons. The fraction of sp³-hybridized carbons (Fsp3) is 0.192. The molecule has 0 heterocycles. The minimum atomic E-state index is -0.652. The maximum Gasteiger partial charge on any atom is 0.343 e. The van der Waals surface area contributed by atoms with Gasteiger partial charge < -0.3 is 24.4 Å². The van der Waals surface area contributed by atoms with Gasteiger partial charge in [-0.1, -0.05) is 6.92 Å². The van der Waals surface area contributed by atoms with Gasteiger partial charge in [-0.25, -0.2) is 10.2 Å². The molecule has 3 rings (SSSR count). The summed E-state index contributed by atoms with van der Waals surface area (Å²) >= 11 is 0. The molecule has 0 aromatic heterocycles. The van der Waals surface area contributed by atoms with Gasteiger partial charge in [0.1, 0.15) is 17.2 Å². The van der Waals surface area contributed by atoms with Crippen LogP contribution in [-0.4, -0.2) is 41.5 Å². The molecule has 3 N–H and O–H groups in total. The Hall–Kier alpha value is -4.53. The Morgan fingerprint density at radius 3 is 2.40 bits per heavy atom. The number of hydrogen-bond donors (Lipinski definition) is 3. The van der Waals surface area contributed by atoms with E-state index in [0.29, 0.717) is 35.8 Å². The molecule has 0 radical (unpaired) electrons. The van der Waals surface area contributed by atoms with Gasteiger partial charge in [-0.3, -0.25) is 4.79 Å². The van der Waals surface area contributed by atoms with Gasteiger partial charge in [-0.2, -0.15) is 5.10 Å². The molecule has 1 amide bonds. The maximum absolute atomic E-state index is 12.6. The number of phenols is 2. The van der Waals surface area contributed by atoms with Gasteiger partial charge in [0.2, 0.25) is 0 Å². The summed E-state index contributed by atoms with van der Waals surface area (Å²) in [6.07, 6.45) is 2.26. The van der Waals surface area contributed by atoms with Crippen LogP contribution < -0.4 is 19.6 Å². The molecular weight excluding hydrogens is 452 g/mol. The summed E-state index contributed by atoms with van der Waals surface area (Å²) in [4.78, 5) is 24.7. The molecule has 0 spiro atoms. The first-order chi connectivity index (χ1) is 16.9. The van der Waals surface area contributed by atoms with Gasteiger partial charge in [-0.05, 0) is 73.5 Å². The van der Waals surface area contributed by atoms with Gasteiger partial charge >= 0.3 is 5.97 Å². The first-order valence-corrected chi connectivity index (χ1v) is 11.0. The fourth-order valence-corrected chi connectivity index (χ4v) is 2.96. The van der Waals surface area contributed by atoms with E-state index in [0.717, 1.165) is 12.5 Å². The Kier molecular flexibility index (Phi) is 8.66. The van der Waals surface area contributed by atoms with E-state index < -0.39 is 11.9 Å². The third-order valence-electron chi connectivity index (χ3n) is 4.64. The van der Waals surface area contributed by atoms with Crippen molar-refractivity contribution in [1.29, 1.82) is 0 Å². The minimum Gasteiger partial charge on any atom is -0.508 e. The summed E-state index contributed by atoms with van der Waals surface area (Å²) in [7, 11) is 0. The number of nitrogens with zero attached hydrogens (tertiary/aromatic N) is 1. The molecule has 35 heavy (non-hydrogen) atoms. The molecule has 0 bridgehead atoms. The molecule has 0 aliphatic carbocycles. The predicted octanol–water partition coefficient (Wildman–Crippen LogP) is 4.27. The summed E-state index contributed by atoms with van der Waals surface area (Å²) in [5, 5.41) is 23.0. The molecule has 0 aliphatic rings. The van der Waals surface area contributed by atoms with Gasteiger partial charge in [0, 0.05) is 6.07 Å². The second-order valence-corrected chi connectivity index (χ2v) is 7.30. The van der Waals surface area contributed by atoms with Crippen molar-refractivity contribution in [2.24, 2.45) is 5.10 Å². The van der Waals surface area contributed by atoms with E-state index in [4.69, 9.17) is 14.2 Å². The number of phenolic OH excluding ortho intramolecular Hbond substituents is 2. The van der Waals surface area contributed by atoms with Crippen molar-refractivity contribution in [3.63, 3.8) is 0 Å². The van der Waals surface area contributed by atoms with E-state index >= 15 is 0 Å². The Morgan fingerprint density at radius 1 is 0.943 bits per heavy atom. The minimum absolute atomic E-state index is 0.0397. The normalized spacial score (nSPS) is 10.7. The van der Waals surface area contributed by atoms with E-state index in [2.05, 4.69) is 10.5 Å². The smallest absolute Gasteiger partial charge is 0.343 e. The number of hydrogen-bond acceptors (Lipinski definition) is 8. The van der Waals surface area contributed by atoms with Crippen molar-refractivity contribution < 1.29 is 34.0 Å². The molecular formula is C26H26N2O7. The number of hydrazone groups is 1. The standard InChI is InChI=1S/C26H26N2O7/c1-3-13-34-20-9-6-18(7-10-20)26(32)35-23-12-5-17(14-24(23)33-4-2)16-27-28-25(31)21-11-8-19(29)15-22(21)30/h5-12,14-16,29-30H,3-4,13H2,1-2H3,(H,28,31). The van der Waals surface area contributed by atoms with Gasteiger partial charge in [0.05, 0.1) is 30.6 Å². The molecule has 0 saturated carbocycles. The number of carbonyl (C=O) groups excluding carboxylic acids is 2. The number of aromatic hydroxyl groups is 2. The summed E-state index contributed by atoms with van der Waals surface area (Å²) in [5.74, 6) is -0.491. The molecule has 0 aliphatic heterocycles. The molecule has 0 atom stereocenters. The highest BCUT2D eigenvalue weighted by Gasteiger charge is 2.14. The lowest BCUT2D eigenvalue weighted by molar-refractivity contribution is 0.0728. The second kappa shape index (κ2) is 12.1. The van der Waals surface area contributed by atoms with Crippen molar-refractivity contribution in [1.82, 2.24) is 5.43 Å². The topological polar surface area (TPSA) is 127 Å². The summed E-state index contributed by atoms with van der Waals surface area (Å²) < 4.78 is 16.6. The first-order valence-electron chi connectivity index (χ1n) is 11.0. The number of ether oxygens (including phenoxy) is 3. The van der Waals surface area contributed by atoms with Crippen molar-refractivity contribution in [2.75, 3.05) is 13.2 Å². The van der Waals surface area contributed by atoms with Crippen LogP contribution in [0, 0.1) is 0 Å². The molecule has 0 saturated heterocycles. The third-order valence-corrected chi connectivity index (χ3v) is 4.64. The Labute approximate surface area is 202 Å². The predicted molar refractivity (Wildman–Crippen MR) is 130 cm³/mol. The quantitative estimate of drug-likeness (QED) is 0.172. The van der Waals surface area contributed by atoms with Crippen molar-refractivity contribution in [3.8, 4) is 28.7 Å². The summed E-state index contributed by atoms with van der Waals surface area (Å²) in [5.41, 5.74) is 3.19. The van der Waals surface area contributed by atoms with Crippen LogP contribution in [0.4, 0.5) is 0 Å². The number of benzene rings is 3. The van der Waals surface area contributed by atoms with Crippen LogP contribution in [0.5, 0.6) is 28.7 Å². The molecule has 0 fully saturated rings. The molecule has 3 aromatic rings. The number of rotatable bonds is 10. The van der Waals surface area contributed by atoms with Crippen LogP contribution in [0.15, 0.2) is 65.8 Å². The van der Waals surface area contributed by atoms with Crippen LogP contribution in [0.25, 0.3) is 0 Å². The SMILES string of the molecule is CCCOc1ccc(C(=O)Oc2ccc(C=NNC(=O)c3ccc(O)cc3O)cc2OCC)cc1. The van der Waals surface area contributed by atoms with Crippen LogP contribution in [0.2, 0.25) is 0 Å². The largest absolute Gasteiger partial charge is 0.508 e. The lowest BCUT2D eigenvalue weighted by atomic mass is 10.2.